The second-order valence-electron chi connectivity index (χ2n) is 4.25. The zero-order valence-corrected chi connectivity index (χ0v) is 10.8. The molecule has 96 valence electrons. The molecule has 0 amide bonds. The number of hydrogen-bond acceptors (Lipinski definition) is 3. The predicted molar refractivity (Wildman–Crippen MR) is 71.8 cm³/mol. The van der Waals surface area contributed by atoms with Gasteiger partial charge in [0.05, 0.1) is 0 Å². The molecule has 0 aromatic heterocycles. The van der Waals surface area contributed by atoms with Crippen molar-refractivity contribution in [3.05, 3.63) is 29.8 Å². The third-order valence-corrected chi connectivity index (χ3v) is 2.44. The van der Waals surface area contributed by atoms with E-state index >= 15 is 0 Å². The highest BCUT2D eigenvalue weighted by Gasteiger charge is 2.10. The van der Waals surface area contributed by atoms with Crippen molar-refractivity contribution in [3.63, 3.8) is 0 Å². The van der Waals surface area contributed by atoms with Crippen molar-refractivity contribution in [2.45, 2.75) is 20.8 Å². The summed E-state index contributed by atoms with van der Waals surface area (Å²) in [5, 5.41) is 3.18. The average molecular weight is 237 g/mol. The van der Waals surface area contributed by atoms with Crippen LogP contribution in [0.15, 0.2) is 24.3 Å². The molecule has 1 aromatic rings. The molecule has 0 fully saturated rings. The van der Waals surface area contributed by atoms with Crippen LogP contribution in [0.3, 0.4) is 0 Å². The minimum atomic E-state index is 0. The van der Waals surface area contributed by atoms with Crippen molar-refractivity contribution in [1.82, 2.24) is 5.32 Å². The molecule has 17 heavy (non-hydrogen) atoms. The molecular formula is C14H23NO2. The minimum Gasteiger partial charge on any atom is -0.492 e. The largest absolute Gasteiger partial charge is 0.492 e. The van der Waals surface area contributed by atoms with E-state index in [0.717, 1.165) is 24.4 Å². The first-order valence-corrected chi connectivity index (χ1v) is 6.13. The van der Waals surface area contributed by atoms with E-state index < -0.39 is 0 Å². The van der Waals surface area contributed by atoms with Crippen LogP contribution in [0.1, 0.15) is 32.6 Å². The van der Waals surface area contributed by atoms with Gasteiger partial charge in [-0.2, -0.15) is 0 Å². The number of hydrogen-bond donors (Lipinski definition) is 1. The monoisotopic (exact) mass is 237 g/mol. The maximum atomic E-state index is 11.8. The smallest absolute Gasteiger partial charge is 0.165 e. The second kappa shape index (κ2) is 7.07. The lowest BCUT2D eigenvalue weighted by Gasteiger charge is -2.09. The zero-order valence-electron chi connectivity index (χ0n) is 10.8. The number of likely N-dealkylation sites (N-methyl/N-ethyl adjacent to an activating group) is 1. The molecular weight excluding hydrogens is 214 g/mol. The average Bonchev–Trinajstić information content (AvgIpc) is 2.34. The molecule has 0 heterocycles. The van der Waals surface area contributed by atoms with Crippen molar-refractivity contribution >= 4 is 5.78 Å². The lowest BCUT2D eigenvalue weighted by atomic mass is 10.0. The van der Waals surface area contributed by atoms with Crippen LogP contribution in [0, 0.1) is 5.92 Å². The molecule has 0 unspecified atom stereocenters. The molecule has 3 heteroatoms. The van der Waals surface area contributed by atoms with Gasteiger partial charge in [-0.3, -0.25) is 4.79 Å². The number of nitrogens with one attached hydrogen (secondary N) is 1. The topological polar surface area (TPSA) is 38.3 Å². The summed E-state index contributed by atoms with van der Waals surface area (Å²) in [5.74, 6) is 0.934. The summed E-state index contributed by atoms with van der Waals surface area (Å²) < 4.78 is 5.56. The number of carbonyl (C=O) groups excluding carboxylic acids is 1. The molecule has 0 spiro atoms. The van der Waals surface area contributed by atoms with Crippen LogP contribution in [0.4, 0.5) is 0 Å². The number of carbonyl (C=O) groups is 1. The normalized spacial score (nSPS) is 10.6. The Labute approximate surface area is 105 Å². The summed E-state index contributed by atoms with van der Waals surface area (Å²) in [6.45, 7) is 8.24. The van der Waals surface area contributed by atoms with Gasteiger partial charge in [0.2, 0.25) is 0 Å². The molecule has 0 atom stereocenters. The minimum absolute atomic E-state index is 0. The van der Waals surface area contributed by atoms with Gasteiger partial charge >= 0.3 is 0 Å². The maximum Gasteiger partial charge on any atom is 0.165 e. The Kier molecular flexibility index (Phi) is 5.70. The van der Waals surface area contributed by atoms with Crippen molar-refractivity contribution in [2.75, 3.05) is 19.7 Å². The van der Waals surface area contributed by atoms with Gasteiger partial charge in [-0.25, -0.2) is 0 Å². The molecule has 0 saturated carbocycles. The first-order valence-electron chi connectivity index (χ1n) is 6.13. The van der Waals surface area contributed by atoms with E-state index in [2.05, 4.69) is 12.2 Å². The summed E-state index contributed by atoms with van der Waals surface area (Å²) in [5.41, 5.74) is 0.723. The van der Waals surface area contributed by atoms with Crippen LogP contribution in [0.5, 0.6) is 5.75 Å². The predicted octanol–water partition coefficient (Wildman–Crippen LogP) is 2.76. The van der Waals surface area contributed by atoms with E-state index in [1.54, 1.807) is 0 Å². The molecule has 0 radical (unpaired) electrons. The molecule has 0 aliphatic rings. The molecule has 1 rings (SSSR count). The Balaban J connectivity index is 0.00000289. The fourth-order valence-electron chi connectivity index (χ4n) is 1.49. The lowest BCUT2D eigenvalue weighted by molar-refractivity contribution is 0.0939. The van der Waals surface area contributed by atoms with E-state index in [4.69, 9.17) is 4.74 Å². The quantitative estimate of drug-likeness (QED) is 0.585. The van der Waals surface area contributed by atoms with Crippen LogP contribution in [0.25, 0.3) is 0 Å². The van der Waals surface area contributed by atoms with E-state index in [9.17, 15) is 4.79 Å². The van der Waals surface area contributed by atoms with Crippen LogP contribution >= 0.6 is 0 Å². The Morgan fingerprint density at radius 2 is 2.24 bits per heavy atom. The number of ether oxygens (including phenoxy) is 1. The molecule has 1 N–H and O–H groups in total. The highest BCUT2D eigenvalue weighted by Crippen LogP contribution is 2.16. The SMILES string of the molecule is CCNCCOc1cccc(C(=O)C(C)C)c1.[HH]. The molecule has 0 aliphatic carbocycles. The van der Waals surface area contributed by atoms with E-state index in [1.165, 1.54) is 0 Å². The standard InChI is InChI=1S/C14H21NO2.H2/c1-4-15-8-9-17-13-7-5-6-12(10-13)14(16)11(2)3;/h5-7,10-11,15H,4,8-9H2,1-3H3;1H. The van der Waals surface area contributed by atoms with Crippen LogP contribution in [-0.4, -0.2) is 25.5 Å². The van der Waals surface area contributed by atoms with Crippen LogP contribution < -0.4 is 10.1 Å². The zero-order chi connectivity index (χ0) is 12.7. The fourth-order valence-corrected chi connectivity index (χ4v) is 1.49. The van der Waals surface area contributed by atoms with Crippen molar-refractivity contribution < 1.29 is 11.0 Å². The van der Waals surface area contributed by atoms with Gasteiger partial charge in [0, 0.05) is 19.5 Å². The Morgan fingerprint density at radius 1 is 1.47 bits per heavy atom. The van der Waals surface area contributed by atoms with Gasteiger partial charge in [-0.1, -0.05) is 32.9 Å². The maximum absolute atomic E-state index is 11.8. The molecule has 3 nitrogen and oxygen atoms in total. The van der Waals surface area contributed by atoms with Gasteiger partial charge in [0.15, 0.2) is 5.78 Å². The summed E-state index contributed by atoms with van der Waals surface area (Å²) in [7, 11) is 0. The number of ketones is 1. The van der Waals surface area contributed by atoms with Crippen LogP contribution in [-0.2, 0) is 0 Å². The third kappa shape index (κ3) is 4.57. The van der Waals surface area contributed by atoms with Crippen molar-refractivity contribution in [2.24, 2.45) is 5.92 Å². The van der Waals surface area contributed by atoms with Crippen molar-refractivity contribution in [1.29, 1.82) is 0 Å². The lowest BCUT2D eigenvalue weighted by Crippen LogP contribution is -2.20. The fraction of sp³-hybridized carbons (Fsp3) is 0.500. The van der Waals surface area contributed by atoms with E-state index in [1.807, 2.05) is 38.1 Å². The summed E-state index contributed by atoms with van der Waals surface area (Å²) in [6.07, 6.45) is 0. The first-order chi connectivity index (χ1) is 8.15. The van der Waals surface area contributed by atoms with Gasteiger partial charge in [-0.05, 0) is 18.7 Å². The number of rotatable bonds is 7. The first kappa shape index (κ1) is 13.7. The second-order valence-corrected chi connectivity index (χ2v) is 4.25. The molecule has 0 saturated heterocycles. The van der Waals surface area contributed by atoms with Gasteiger partial charge in [0.25, 0.3) is 0 Å². The summed E-state index contributed by atoms with van der Waals surface area (Å²) in [4.78, 5) is 11.8. The van der Waals surface area contributed by atoms with E-state index in [0.29, 0.717) is 6.61 Å². The number of benzene rings is 1. The van der Waals surface area contributed by atoms with Gasteiger partial charge < -0.3 is 10.1 Å². The Bertz CT molecular complexity index is 367. The third-order valence-electron chi connectivity index (χ3n) is 2.44. The van der Waals surface area contributed by atoms with Crippen molar-refractivity contribution in [3.8, 4) is 5.75 Å². The molecule has 1 aromatic carbocycles. The molecule has 0 aliphatic heterocycles. The Morgan fingerprint density at radius 3 is 2.88 bits per heavy atom. The van der Waals surface area contributed by atoms with Gasteiger partial charge in [0.1, 0.15) is 12.4 Å². The van der Waals surface area contributed by atoms with Crippen LogP contribution in [0.2, 0.25) is 0 Å². The highest BCUT2D eigenvalue weighted by atomic mass is 16.5. The molecule has 0 bridgehead atoms. The highest BCUT2D eigenvalue weighted by molar-refractivity contribution is 5.97. The van der Waals surface area contributed by atoms with Gasteiger partial charge in [-0.15, -0.1) is 0 Å². The van der Waals surface area contributed by atoms with E-state index in [-0.39, 0.29) is 13.1 Å². The Hall–Kier alpha value is -1.35. The number of Topliss-reactive ketones (excluding diaryl/α,β-unsaturated/α-hetero) is 1. The summed E-state index contributed by atoms with van der Waals surface area (Å²) in [6, 6.07) is 7.38. The summed E-state index contributed by atoms with van der Waals surface area (Å²) >= 11 is 0.